The van der Waals surface area contributed by atoms with Crippen molar-refractivity contribution in [3.63, 3.8) is 0 Å². The maximum Gasteiger partial charge on any atom is 0.0247 e. The molecule has 0 saturated carbocycles. The molecular formula is C14H30N2S. The zero-order valence-corrected chi connectivity index (χ0v) is 13.0. The molecule has 0 aromatic heterocycles. The van der Waals surface area contributed by atoms with Crippen LogP contribution in [0.15, 0.2) is 0 Å². The van der Waals surface area contributed by atoms with E-state index in [9.17, 15) is 0 Å². The van der Waals surface area contributed by atoms with Gasteiger partial charge in [0.05, 0.1) is 0 Å². The van der Waals surface area contributed by atoms with E-state index in [1.807, 2.05) is 0 Å². The van der Waals surface area contributed by atoms with Crippen LogP contribution in [0.5, 0.6) is 0 Å². The molecule has 1 saturated heterocycles. The molecule has 0 aromatic rings. The van der Waals surface area contributed by atoms with Crippen LogP contribution in [0, 0.1) is 11.8 Å². The molecule has 0 radical (unpaired) electrons. The van der Waals surface area contributed by atoms with Crippen LogP contribution >= 0.6 is 11.8 Å². The van der Waals surface area contributed by atoms with E-state index >= 15 is 0 Å². The van der Waals surface area contributed by atoms with Gasteiger partial charge in [0, 0.05) is 36.7 Å². The van der Waals surface area contributed by atoms with Gasteiger partial charge in [0.2, 0.25) is 0 Å². The van der Waals surface area contributed by atoms with Gasteiger partial charge in [-0.3, -0.25) is 4.90 Å². The minimum Gasteiger partial charge on any atom is -0.315 e. The molecule has 0 amide bonds. The highest BCUT2D eigenvalue weighted by atomic mass is 32.2. The van der Waals surface area contributed by atoms with Crippen molar-refractivity contribution in [1.29, 1.82) is 0 Å². The quantitative estimate of drug-likeness (QED) is 0.788. The van der Waals surface area contributed by atoms with E-state index in [-0.39, 0.29) is 0 Å². The van der Waals surface area contributed by atoms with E-state index < -0.39 is 0 Å². The number of rotatable bonds is 6. The van der Waals surface area contributed by atoms with Crippen molar-refractivity contribution in [2.75, 3.05) is 31.1 Å². The van der Waals surface area contributed by atoms with E-state index in [0.717, 1.165) is 31.0 Å². The van der Waals surface area contributed by atoms with Gasteiger partial charge in [-0.15, -0.1) is 0 Å². The lowest BCUT2D eigenvalue weighted by Crippen LogP contribution is -2.53. The van der Waals surface area contributed by atoms with Gasteiger partial charge < -0.3 is 5.32 Å². The summed E-state index contributed by atoms with van der Waals surface area (Å²) in [6.07, 6.45) is 0. The lowest BCUT2D eigenvalue weighted by molar-refractivity contribution is 0.122. The Hall–Kier alpha value is 0.270. The third-order valence-electron chi connectivity index (χ3n) is 3.52. The van der Waals surface area contributed by atoms with Crippen molar-refractivity contribution in [1.82, 2.24) is 10.2 Å². The second-order valence-electron chi connectivity index (χ2n) is 6.03. The predicted molar refractivity (Wildman–Crippen MR) is 79.8 cm³/mol. The van der Waals surface area contributed by atoms with Gasteiger partial charge in [0.1, 0.15) is 0 Å². The summed E-state index contributed by atoms with van der Waals surface area (Å²) < 4.78 is 0. The molecule has 2 atom stereocenters. The first-order valence-corrected chi connectivity index (χ1v) is 8.22. The van der Waals surface area contributed by atoms with Crippen LogP contribution in [0.25, 0.3) is 0 Å². The second kappa shape index (κ2) is 7.65. The molecule has 0 aliphatic carbocycles. The molecule has 2 nitrogen and oxygen atoms in total. The van der Waals surface area contributed by atoms with Crippen LogP contribution < -0.4 is 5.32 Å². The van der Waals surface area contributed by atoms with Gasteiger partial charge in [0.15, 0.2) is 0 Å². The van der Waals surface area contributed by atoms with Crippen LogP contribution in [-0.2, 0) is 0 Å². The molecule has 1 rings (SSSR count). The summed E-state index contributed by atoms with van der Waals surface area (Å²) >= 11 is 2.10. The Morgan fingerprint density at radius 3 is 2.47 bits per heavy atom. The third-order valence-corrected chi connectivity index (χ3v) is 4.71. The van der Waals surface area contributed by atoms with Gasteiger partial charge in [-0.05, 0) is 25.3 Å². The van der Waals surface area contributed by atoms with E-state index in [2.05, 4.69) is 56.6 Å². The molecule has 0 bridgehead atoms. The average Bonchev–Trinajstić information content (AvgIpc) is 2.25. The summed E-state index contributed by atoms with van der Waals surface area (Å²) in [7, 11) is 0. The molecule has 17 heavy (non-hydrogen) atoms. The van der Waals surface area contributed by atoms with Crippen molar-refractivity contribution in [3.05, 3.63) is 0 Å². The van der Waals surface area contributed by atoms with E-state index in [1.165, 1.54) is 18.1 Å². The lowest BCUT2D eigenvalue weighted by atomic mass is 10.0. The predicted octanol–water partition coefficient (Wildman–Crippen LogP) is 2.69. The van der Waals surface area contributed by atoms with Crippen molar-refractivity contribution < 1.29 is 0 Å². The fourth-order valence-corrected chi connectivity index (χ4v) is 3.53. The summed E-state index contributed by atoms with van der Waals surface area (Å²) in [4.78, 5) is 2.72. The Kier molecular flexibility index (Phi) is 6.90. The summed E-state index contributed by atoms with van der Waals surface area (Å²) in [5.41, 5.74) is 0. The Balaban J connectivity index is 2.46. The van der Waals surface area contributed by atoms with Gasteiger partial charge in [-0.2, -0.15) is 11.8 Å². The van der Waals surface area contributed by atoms with Crippen molar-refractivity contribution in [3.8, 4) is 0 Å². The van der Waals surface area contributed by atoms with Crippen molar-refractivity contribution >= 4 is 11.8 Å². The first-order valence-electron chi connectivity index (χ1n) is 7.06. The largest absolute Gasteiger partial charge is 0.315 e. The van der Waals surface area contributed by atoms with Gasteiger partial charge >= 0.3 is 0 Å². The monoisotopic (exact) mass is 258 g/mol. The molecule has 102 valence electrons. The van der Waals surface area contributed by atoms with Crippen LogP contribution in [-0.4, -0.2) is 48.1 Å². The zero-order valence-electron chi connectivity index (χ0n) is 12.2. The summed E-state index contributed by atoms with van der Waals surface area (Å²) in [5.74, 6) is 4.09. The molecule has 0 spiro atoms. The van der Waals surface area contributed by atoms with Crippen LogP contribution in [0.1, 0.15) is 34.6 Å². The summed E-state index contributed by atoms with van der Waals surface area (Å²) in [5, 5.41) is 3.64. The highest BCUT2D eigenvalue weighted by Crippen LogP contribution is 2.21. The number of hydrogen-bond donors (Lipinski definition) is 1. The normalized spacial score (nSPS) is 24.5. The number of hydrogen-bond acceptors (Lipinski definition) is 3. The fraction of sp³-hybridized carbons (Fsp3) is 1.00. The number of thioether (sulfide) groups is 1. The van der Waals surface area contributed by atoms with E-state index in [1.54, 1.807) is 0 Å². The van der Waals surface area contributed by atoms with Crippen LogP contribution in [0.3, 0.4) is 0 Å². The van der Waals surface area contributed by atoms with E-state index in [4.69, 9.17) is 0 Å². The van der Waals surface area contributed by atoms with Crippen molar-refractivity contribution in [2.24, 2.45) is 11.8 Å². The van der Waals surface area contributed by atoms with Gasteiger partial charge in [0.25, 0.3) is 0 Å². The highest BCUT2D eigenvalue weighted by molar-refractivity contribution is 7.99. The Bertz CT molecular complexity index is 206. The summed E-state index contributed by atoms with van der Waals surface area (Å²) in [6.45, 7) is 15.2. The average molecular weight is 258 g/mol. The molecule has 1 fully saturated rings. The van der Waals surface area contributed by atoms with Crippen LogP contribution in [0.4, 0.5) is 0 Å². The standard InChI is InChI=1S/C14H30N2S/c1-11(2)8-15-9-14(12(3)4)16-6-7-17-10-13(16)5/h11-15H,6-10H2,1-5H3. The topological polar surface area (TPSA) is 15.3 Å². The smallest absolute Gasteiger partial charge is 0.0247 e. The SMILES string of the molecule is CC(C)CNCC(C(C)C)N1CCSCC1C. The van der Waals surface area contributed by atoms with Crippen molar-refractivity contribution in [2.45, 2.75) is 46.7 Å². The molecular weight excluding hydrogens is 228 g/mol. The lowest BCUT2D eigenvalue weighted by Gasteiger charge is -2.41. The first-order chi connectivity index (χ1) is 8.02. The summed E-state index contributed by atoms with van der Waals surface area (Å²) in [6, 6.07) is 1.44. The minimum atomic E-state index is 0.699. The number of nitrogens with one attached hydrogen (secondary N) is 1. The Morgan fingerprint density at radius 1 is 1.24 bits per heavy atom. The molecule has 3 heteroatoms. The molecule has 0 aromatic carbocycles. The maximum absolute atomic E-state index is 3.64. The van der Waals surface area contributed by atoms with Gasteiger partial charge in [-0.25, -0.2) is 0 Å². The minimum absolute atomic E-state index is 0.699. The van der Waals surface area contributed by atoms with Gasteiger partial charge in [-0.1, -0.05) is 27.7 Å². The maximum atomic E-state index is 3.64. The Morgan fingerprint density at radius 2 is 1.94 bits per heavy atom. The van der Waals surface area contributed by atoms with Crippen LogP contribution in [0.2, 0.25) is 0 Å². The van der Waals surface area contributed by atoms with E-state index in [0.29, 0.717) is 6.04 Å². The number of nitrogens with zero attached hydrogens (tertiary/aromatic N) is 1. The molecule has 2 unspecified atom stereocenters. The molecule has 1 heterocycles. The zero-order chi connectivity index (χ0) is 12.8. The third kappa shape index (κ3) is 5.19. The highest BCUT2D eigenvalue weighted by Gasteiger charge is 2.27. The second-order valence-corrected chi connectivity index (χ2v) is 7.18. The molecule has 1 aliphatic rings. The fourth-order valence-electron chi connectivity index (χ4n) is 2.49. The molecule has 1 aliphatic heterocycles. The Labute approximate surface area is 112 Å². The first kappa shape index (κ1) is 15.3. The molecule has 1 N–H and O–H groups in total.